The van der Waals surface area contributed by atoms with Crippen molar-refractivity contribution < 1.29 is 19.9 Å². The van der Waals surface area contributed by atoms with E-state index in [2.05, 4.69) is 4.98 Å². The Kier molecular flexibility index (Phi) is 3.05. The summed E-state index contributed by atoms with van der Waals surface area (Å²) in [6.45, 7) is 0. The topological polar surface area (TPSA) is 111 Å². The van der Waals surface area contributed by atoms with Crippen LogP contribution in [-0.4, -0.2) is 33.2 Å². The van der Waals surface area contributed by atoms with Crippen LogP contribution in [0.2, 0.25) is 0 Å². The number of carbonyl (C=O) groups is 1. The quantitative estimate of drug-likeness (QED) is 0.406. The van der Waals surface area contributed by atoms with Crippen LogP contribution >= 0.6 is 0 Å². The van der Waals surface area contributed by atoms with Gasteiger partial charge in [-0.3, -0.25) is 9.59 Å². The molecule has 1 aromatic heterocycles. The number of hydrogen-bond acceptors (Lipinski definition) is 4. The lowest BCUT2D eigenvalue weighted by Gasteiger charge is -2.00. The molecule has 0 aliphatic carbocycles. The average molecular weight is 197 g/mol. The van der Waals surface area contributed by atoms with E-state index in [4.69, 9.17) is 15.2 Å². The summed E-state index contributed by atoms with van der Waals surface area (Å²) in [5, 5.41) is 25.8. The molecule has 0 bridgehead atoms. The molecule has 14 heavy (non-hydrogen) atoms. The number of rotatable bonds is 3. The van der Waals surface area contributed by atoms with Crippen molar-refractivity contribution in [2.45, 2.75) is 6.42 Å². The number of aromatic nitrogens is 1. The van der Waals surface area contributed by atoms with Gasteiger partial charge >= 0.3 is 13.1 Å². The Labute approximate surface area is 79.0 Å². The molecular weight excluding hydrogens is 189 g/mol. The van der Waals surface area contributed by atoms with Crippen LogP contribution in [0, 0.1) is 0 Å². The van der Waals surface area contributed by atoms with Crippen LogP contribution in [0.4, 0.5) is 0 Å². The van der Waals surface area contributed by atoms with Crippen molar-refractivity contribution in [2.75, 3.05) is 0 Å². The Morgan fingerprint density at radius 2 is 2.07 bits per heavy atom. The van der Waals surface area contributed by atoms with Crippen LogP contribution in [0.3, 0.4) is 0 Å². The SMILES string of the molecule is O=C(O)Cc1ccc(B(O)O)c(=O)[nH]1. The first kappa shape index (κ1) is 10.5. The molecule has 74 valence electrons. The number of H-pyrrole nitrogens is 1. The predicted octanol–water partition coefficient (Wildman–Crippen LogP) is -2.32. The van der Waals surface area contributed by atoms with Gasteiger partial charge in [-0.1, -0.05) is 6.07 Å². The molecule has 0 saturated heterocycles. The zero-order valence-corrected chi connectivity index (χ0v) is 7.10. The first-order valence-corrected chi connectivity index (χ1v) is 3.80. The smallest absolute Gasteiger partial charge is 0.481 e. The zero-order valence-electron chi connectivity index (χ0n) is 7.10. The molecule has 0 saturated carbocycles. The van der Waals surface area contributed by atoms with Crippen molar-refractivity contribution in [3.63, 3.8) is 0 Å². The van der Waals surface area contributed by atoms with Crippen molar-refractivity contribution in [2.24, 2.45) is 0 Å². The fourth-order valence-electron chi connectivity index (χ4n) is 0.995. The van der Waals surface area contributed by atoms with Crippen molar-refractivity contribution in [3.05, 3.63) is 28.2 Å². The number of hydrogen-bond donors (Lipinski definition) is 4. The largest absolute Gasteiger partial charge is 0.494 e. The van der Waals surface area contributed by atoms with E-state index in [0.29, 0.717) is 0 Å². The molecule has 0 aromatic carbocycles. The van der Waals surface area contributed by atoms with E-state index in [1.165, 1.54) is 12.1 Å². The first-order chi connectivity index (χ1) is 6.50. The van der Waals surface area contributed by atoms with E-state index in [-0.39, 0.29) is 17.6 Å². The summed E-state index contributed by atoms with van der Waals surface area (Å²) < 4.78 is 0. The molecule has 0 radical (unpaired) electrons. The number of nitrogens with one attached hydrogen (secondary N) is 1. The maximum absolute atomic E-state index is 11.1. The summed E-state index contributed by atoms with van der Waals surface area (Å²) in [6, 6.07) is 2.51. The third-order valence-electron chi connectivity index (χ3n) is 1.62. The standard InChI is InChI=1S/C7H8BNO5/c10-6(11)3-4-1-2-5(8(13)14)7(12)9-4/h1-2,13-14H,3H2,(H,9,12)(H,10,11). The van der Waals surface area contributed by atoms with E-state index in [9.17, 15) is 9.59 Å². The highest BCUT2D eigenvalue weighted by molar-refractivity contribution is 6.58. The molecule has 0 fully saturated rings. The van der Waals surface area contributed by atoms with Gasteiger partial charge in [-0.2, -0.15) is 0 Å². The minimum absolute atomic E-state index is 0.209. The van der Waals surface area contributed by atoms with Gasteiger partial charge in [0.15, 0.2) is 0 Å². The minimum atomic E-state index is -1.85. The van der Waals surface area contributed by atoms with Crippen molar-refractivity contribution in [1.82, 2.24) is 4.98 Å². The molecule has 1 heterocycles. The first-order valence-electron chi connectivity index (χ1n) is 3.80. The van der Waals surface area contributed by atoms with Crippen molar-refractivity contribution >= 4 is 18.6 Å². The van der Waals surface area contributed by atoms with E-state index < -0.39 is 18.6 Å². The average Bonchev–Trinajstić information content (AvgIpc) is 2.01. The van der Waals surface area contributed by atoms with Gasteiger partial charge in [0.1, 0.15) is 0 Å². The number of aromatic amines is 1. The summed E-state index contributed by atoms with van der Waals surface area (Å²) in [4.78, 5) is 23.6. The second-order valence-corrected chi connectivity index (χ2v) is 2.71. The number of aliphatic carboxylic acids is 1. The highest BCUT2D eigenvalue weighted by atomic mass is 16.4. The lowest BCUT2D eigenvalue weighted by molar-refractivity contribution is -0.136. The fraction of sp³-hybridized carbons (Fsp3) is 0.143. The summed E-state index contributed by atoms with van der Waals surface area (Å²) >= 11 is 0. The Morgan fingerprint density at radius 1 is 1.43 bits per heavy atom. The molecule has 7 heteroatoms. The Hall–Kier alpha value is -1.60. The predicted molar refractivity (Wildman–Crippen MR) is 48.2 cm³/mol. The molecule has 4 N–H and O–H groups in total. The molecule has 1 rings (SSSR count). The molecule has 6 nitrogen and oxygen atoms in total. The number of carboxylic acids is 1. The van der Waals surface area contributed by atoms with Crippen LogP contribution in [0.15, 0.2) is 16.9 Å². The Balaban J connectivity index is 3.01. The summed E-state index contributed by atoms with van der Waals surface area (Å²) in [6.07, 6.45) is -0.308. The van der Waals surface area contributed by atoms with Gasteiger partial charge in [0.05, 0.1) is 6.42 Å². The molecule has 0 amide bonds. The second kappa shape index (κ2) is 4.08. The molecule has 0 spiro atoms. The highest BCUT2D eigenvalue weighted by Crippen LogP contribution is 1.90. The van der Waals surface area contributed by atoms with Gasteiger partial charge in [-0.15, -0.1) is 0 Å². The lowest BCUT2D eigenvalue weighted by Crippen LogP contribution is -2.42. The summed E-state index contributed by atoms with van der Waals surface area (Å²) in [5.74, 6) is -1.07. The minimum Gasteiger partial charge on any atom is -0.481 e. The van der Waals surface area contributed by atoms with Crippen molar-refractivity contribution in [3.8, 4) is 0 Å². The second-order valence-electron chi connectivity index (χ2n) is 2.71. The molecule has 0 aliphatic heterocycles. The number of carboxylic acid groups (broad SMARTS) is 1. The van der Waals surface area contributed by atoms with Crippen LogP contribution in [0.5, 0.6) is 0 Å². The lowest BCUT2D eigenvalue weighted by atomic mass is 9.81. The van der Waals surface area contributed by atoms with Crippen LogP contribution in [0.1, 0.15) is 5.69 Å². The normalized spacial score (nSPS) is 9.86. The third kappa shape index (κ3) is 2.44. The fourth-order valence-corrected chi connectivity index (χ4v) is 0.995. The Morgan fingerprint density at radius 3 is 2.50 bits per heavy atom. The van der Waals surface area contributed by atoms with E-state index in [1.54, 1.807) is 0 Å². The third-order valence-corrected chi connectivity index (χ3v) is 1.62. The van der Waals surface area contributed by atoms with Gasteiger partial charge < -0.3 is 20.1 Å². The highest BCUT2D eigenvalue weighted by Gasteiger charge is 2.15. The van der Waals surface area contributed by atoms with Gasteiger partial charge in [0.25, 0.3) is 0 Å². The van der Waals surface area contributed by atoms with E-state index >= 15 is 0 Å². The number of pyridine rings is 1. The maximum Gasteiger partial charge on any atom is 0.494 e. The van der Waals surface area contributed by atoms with Gasteiger partial charge in [-0.05, 0) is 6.07 Å². The Bertz CT molecular complexity index is 399. The van der Waals surface area contributed by atoms with Gasteiger partial charge in [-0.25, -0.2) is 0 Å². The maximum atomic E-state index is 11.1. The van der Waals surface area contributed by atoms with E-state index in [1.807, 2.05) is 0 Å². The molecular formula is C7H8BNO5. The monoisotopic (exact) mass is 197 g/mol. The van der Waals surface area contributed by atoms with E-state index in [0.717, 1.165) is 0 Å². The molecule has 0 atom stereocenters. The molecule has 1 aromatic rings. The van der Waals surface area contributed by atoms with Crippen LogP contribution in [0.25, 0.3) is 0 Å². The van der Waals surface area contributed by atoms with Gasteiger partial charge in [0, 0.05) is 11.2 Å². The summed E-state index contributed by atoms with van der Waals surface area (Å²) in [5.41, 5.74) is -0.690. The molecule has 0 aliphatic rings. The van der Waals surface area contributed by atoms with Crippen molar-refractivity contribution in [1.29, 1.82) is 0 Å². The van der Waals surface area contributed by atoms with Crippen LogP contribution in [-0.2, 0) is 11.2 Å². The zero-order chi connectivity index (χ0) is 10.7. The van der Waals surface area contributed by atoms with Crippen LogP contribution < -0.4 is 11.0 Å². The molecule has 0 unspecified atom stereocenters. The van der Waals surface area contributed by atoms with Gasteiger partial charge in [0.2, 0.25) is 5.56 Å². The summed E-state index contributed by atoms with van der Waals surface area (Å²) in [7, 11) is -1.85.